The van der Waals surface area contributed by atoms with E-state index in [0.717, 1.165) is 0 Å². The number of methoxy groups -OCH3 is 1. The van der Waals surface area contributed by atoms with Crippen LogP contribution in [0.25, 0.3) is 0 Å². The smallest absolute Gasteiger partial charge is 0.261 e. The number of halogens is 2. The van der Waals surface area contributed by atoms with Crippen molar-refractivity contribution in [1.29, 1.82) is 0 Å². The van der Waals surface area contributed by atoms with Gasteiger partial charge in [-0.05, 0) is 12.1 Å². The minimum Gasteiger partial charge on any atom is -0.467 e. The first-order chi connectivity index (χ1) is 6.93. The van der Waals surface area contributed by atoms with E-state index in [2.05, 4.69) is 15.9 Å². The summed E-state index contributed by atoms with van der Waals surface area (Å²) in [5, 5.41) is 0. The monoisotopic (exact) mass is 314 g/mol. The summed E-state index contributed by atoms with van der Waals surface area (Å²) in [5.41, 5.74) is 0. The van der Waals surface area contributed by atoms with Crippen LogP contribution >= 0.6 is 26.6 Å². The van der Waals surface area contributed by atoms with Crippen molar-refractivity contribution < 1.29 is 17.9 Å². The molecule has 0 unspecified atom stereocenters. The van der Waals surface area contributed by atoms with E-state index in [-0.39, 0.29) is 11.7 Å². The molecule has 0 aliphatic heterocycles. The van der Waals surface area contributed by atoms with Gasteiger partial charge < -0.3 is 9.47 Å². The highest BCUT2D eigenvalue weighted by Gasteiger charge is 2.12. The molecule has 0 bridgehead atoms. The second-order valence-corrected chi connectivity index (χ2v) is 6.09. The molecule has 0 aliphatic carbocycles. The molecule has 0 radical (unpaired) electrons. The maximum absolute atomic E-state index is 11.1. The summed E-state index contributed by atoms with van der Waals surface area (Å²) >= 11 is 3.15. The van der Waals surface area contributed by atoms with Gasteiger partial charge in [0.2, 0.25) is 0 Å². The van der Waals surface area contributed by atoms with Crippen molar-refractivity contribution in [3.63, 3.8) is 0 Å². The van der Waals surface area contributed by atoms with E-state index in [9.17, 15) is 8.42 Å². The van der Waals surface area contributed by atoms with Crippen LogP contribution in [0, 0.1) is 0 Å². The molecule has 1 rings (SSSR count). The second-order valence-electron chi connectivity index (χ2n) is 2.61. The predicted octanol–water partition coefficient (Wildman–Crippen LogP) is 2.36. The van der Waals surface area contributed by atoms with Crippen LogP contribution in [0.5, 0.6) is 5.75 Å². The largest absolute Gasteiger partial charge is 0.467 e. The van der Waals surface area contributed by atoms with E-state index in [4.69, 9.17) is 20.2 Å². The summed E-state index contributed by atoms with van der Waals surface area (Å²) in [6.07, 6.45) is 0. The quantitative estimate of drug-likeness (QED) is 0.632. The van der Waals surface area contributed by atoms with Crippen LogP contribution in [-0.4, -0.2) is 22.3 Å². The Morgan fingerprint density at radius 1 is 1.40 bits per heavy atom. The molecule has 0 saturated carbocycles. The Kier molecular flexibility index (Phi) is 4.39. The Bertz CT molecular complexity index is 446. The molecule has 1 aromatic rings. The lowest BCUT2D eigenvalue weighted by Gasteiger charge is -2.06. The van der Waals surface area contributed by atoms with Gasteiger partial charge in [0.15, 0.2) is 6.79 Å². The van der Waals surface area contributed by atoms with Gasteiger partial charge in [-0.1, -0.05) is 15.9 Å². The zero-order chi connectivity index (χ0) is 11.5. The third-order valence-electron chi connectivity index (χ3n) is 1.47. The average Bonchev–Trinajstić information content (AvgIpc) is 2.12. The van der Waals surface area contributed by atoms with Crippen LogP contribution in [0.15, 0.2) is 27.6 Å². The topological polar surface area (TPSA) is 52.6 Å². The van der Waals surface area contributed by atoms with Crippen molar-refractivity contribution in [1.82, 2.24) is 0 Å². The van der Waals surface area contributed by atoms with E-state index in [1.165, 1.54) is 19.2 Å². The van der Waals surface area contributed by atoms with Crippen LogP contribution < -0.4 is 4.74 Å². The Balaban J connectivity index is 3.06. The lowest BCUT2D eigenvalue weighted by atomic mass is 10.3. The first-order valence-electron chi connectivity index (χ1n) is 3.80. The molecule has 0 amide bonds. The summed E-state index contributed by atoms with van der Waals surface area (Å²) in [7, 11) is 2.92. The van der Waals surface area contributed by atoms with Gasteiger partial charge in [-0.3, -0.25) is 0 Å². The Hall–Kier alpha value is -0.300. The fourth-order valence-electron chi connectivity index (χ4n) is 0.888. The van der Waals surface area contributed by atoms with Crippen LogP contribution in [0.3, 0.4) is 0 Å². The van der Waals surface area contributed by atoms with Gasteiger partial charge in [-0.25, -0.2) is 8.42 Å². The Morgan fingerprint density at radius 2 is 2.07 bits per heavy atom. The van der Waals surface area contributed by atoms with Crippen molar-refractivity contribution in [3.8, 4) is 5.75 Å². The van der Waals surface area contributed by atoms with Crippen molar-refractivity contribution in [3.05, 3.63) is 22.7 Å². The third kappa shape index (κ3) is 3.98. The number of hydrogen-bond acceptors (Lipinski definition) is 4. The number of ether oxygens (including phenoxy) is 2. The Morgan fingerprint density at radius 3 is 2.60 bits per heavy atom. The van der Waals surface area contributed by atoms with Crippen molar-refractivity contribution in [2.45, 2.75) is 4.90 Å². The summed E-state index contributed by atoms with van der Waals surface area (Å²) in [4.78, 5) is -0.0235. The van der Waals surface area contributed by atoms with Crippen molar-refractivity contribution in [2.24, 2.45) is 0 Å². The summed E-state index contributed by atoms with van der Waals surface area (Å²) in [5.74, 6) is 0.366. The third-order valence-corrected chi connectivity index (χ3v) is 3.26. The van der Waals surface area contributed by atoms with Crippen molar-refractivity contribution >= 4 is 35.7 Å². The summed E-state index contributed by atoms with van der Waals surface area (Å²) in [6.45, 7) is 0.0399. The minimum absolute atomic E-state index is 0.0235. The van der Waals surface area contributed by atoms with E-state index in [1.807, 2.05) is 0 Å². The van der Waals surface area contributed by atoms with Crippen LogP contribution in [-0.2, 0) is 13.8 Å². The SMILES string of the molecule is COCOc1cc(Br)cc(S(=O)(=O)Cl)c1. The molecule has 0 N–H and O–H groups in total. The summed E-state index contributed by atoms with van der Waals surface area (Å²) in [6, 6.07) is 4.33. The van der Waals surface area contributed by atoms with Gasteiger partial charge in [0.1, 0.15) is 5.75 Å². The highest BCUT2D eigenvalue weighted by atomic mass is 79.9. The second kappa shape index (κ2) is 5.16. The van der Waals surface area contributed by atoms with Gasteiger partial charge in [-0.15, -0.1) is 0 Å². The van der Waals surface area contributed by atoms with Crippen LogP contribution in [0.4, 0.5) is 0 Å². The molecule has 0 spiro atoms. The van der Waals surface area contributed by atoms with E-state index < -0.39 is 9.05 Å². The molecule has 0 aliphatic rings. The molecule has 15 heavy (non-hydrogen) atoms. The molecule has 7 heteroatoms. The lowest BCUT2D eigenvalue weighted by Crippen LogP contribution is -2.00. The molecular formula is C8H8BrClO4S. The normalized spacial score (nSPS) is 11.4. The Labute approximate surface area is 101 Å². The maximum Gasteiger partial charge on any atom is 0.261 e. The molecule has 4 nitrogen and oxygen atoms in total. The number of hydrogen-bond donors (Lipinski definition) is 0. The van der Waals surface area contributed by atoms with Gasteiger partial charge in [-0.2, -0.15) is 0 Å². The van der Waals surface area contributed by atoms with Crippen LogP contribution in [0.2, 0.25) is 0 Å². The first-order valence-corrected chi connectivity index (χ1v) is 6.90. The first kappa shape index (κ1) is 12.8. The fourth-order valence-corrected chi connectivity index (χ4v) is 2.30. The molecule has 1 aromatic carbocycles. The number of rotatable bonds is 4. The van der Waals surface area contributed by atoms with E-state index in [0.29, 0.717) is 10.2 Å². The molecule has 0 fully saturated rings. The fraction of sp³-hybridized carbons (Fsp3) is 0.250. The molecule has 0 saturated heterocycles. The average molecular weight is 316 g/mol. The highest BCUT2D eigenvalue weighted by molar-refractivity contribution is 9.10. The van der Waals surface area contributed by atoms with Gasteiger partial charge >= 0.3 is 0 Å². The lowest BCUT2D eigenvalue weighted by molar-refractivity contribution is 0.0509. The van der Waals surface area contributed by atoms with Gasteiger partial charge in [0.05, 0.1) is 4.90 Å². The standard InChI is InChI=1S/C8H8BrClO4S/c1-13-5-14-7-2-6(9)3-8(4-7)15(10,11)12/h2-4H,5H2,1H3. The molecule has 0 aromatic heterocycles. The predicted molar refractivity (Wildman–Crippen MR) is 59.7 cm³/mol. The molecule has 0 atom stereocenters. The summed E-state index contributed by atoms with van der Waals surface area (Å²) < 4.78 is 32.5. The molecule has 0 heterocycles. The maximum atomic E-state index is 11.1. The molecule has 84 valence electrons. The van der Waals surface area contributed by atoms with E-state index in [1.54, 1.807) is 6.07 Å². The minimum atomic E-state index is -3.75. The van der Waals surface area contributed by atoms with E-state index >= 15 is 0 Å². The molecular weight excluding hydrogens is 308 g/mol. The van der Waals surface area contributed by atoms with Gasteiger partial charge in [0, 0.05) is 28.3 Å². The highest BCUT2D eigenvalue weighted by Crippen LogP contribution is 2.26. The van der Waals surface area contributed by atoms with Crippen molar-refractivity contribution in [2.75, 3.05) is 13.9 Å². The van der Waals surface area contributed by atoms with Crippen LogP contribution in [0.1, 0.15) is 0 Å². The zero-order valence-electron chi connectivity index (χ0n) is 7.74. The van der Waals surface area contributed by atoms with Gasteiger partial charge in [0.25, 0.3) is 9.05 Å². The zero-order valence-corrected chi connectivity index (χ0v) is 10.9. The number of benzene rings is 1.